The summed E-state index contributed by atoms with van der Waals surface area (Å²) >= 11 is 1.31. The summed E-state index contributed by atoms with van der Waals surface area (Å²) in [5.41, 5.74) is 2.19. The molecule has 0 saturated heterocycles. The van der Waals surface area contributed by atoms with Crippen molar-refractivity contribution in [2.75, 3.05) is 19.1 Å². The molecular weight excluding hydrogens is 442 g/mol. The third kappa shape index (κ3) is 4.42. The molecule has 0 fully saturated rings. The third-order valence-corrected chi connectivity index (χ3v) is 6.39. The van der Waals surface area contributed by atoms with Crippen molar-refractivity contribution in [2.45, 2.75) is 26.9 Å². The van der Waals surface area contributed by atoms with Crippen LogP contribution in [0.4, 0.5) is 5.13 Å². The van der Waals surface area contributed by atoms with Crippen molar-refractivity contribution in [3.63, 3.8) is 0 Å². The number of hydrogen-bond donors (Lipinski definition) is 0. The van der Waals surface area contributed by atoms with Crippen molar-refractivity contribution in [3.05, 3.63) is 70.2 Å². The molecule has 0 radical (unpaired) electrons. The van der Waals surface area contributed by atoms with Crippen LogP contribution in [-0.4, -0.2) is 39.6 Å². The summed E-state index contributed by atoms with van der Waals surface area (Å²) in [6.45, 7) is 3.47. The predicted molar refractivity (Wildman–Crippen MR) is 126 cm³/mol. The highest BCUT2D eigenvalue weighted by atomic mass is 32.1. The van der Waals surface area contributed by atoms with Gasteiger partial charge in [-0.1, -0.05) is 17.4 Å². The Morgan fingerprint density at radius 1 is 1.09 bits per heavy atom. The number of fused-ring (bicyclic) bond motifs is 1. The van der Waals surface area contributed by atoms with Crippen LogP contribution in [0.2, 0.25) is 0 Å². The zero-order valence-corrected chi connectivity index (χ0v) is 19.5. The molecule has 33 heavy (non-hydrogen) atoms. The number of rotatable bonds is 7. The lowest BCUT2D eigenvalue weighted by atomic mass is 10.2. The molecule has 0 atom stereocenters. The van der Waals surface area contributed by atoms with E-state index in [-0.39, 0.29) is 24.6 Å². The van der Waals surface area contributed by atoms with Crippen LogP contribution < -0.4 is 19.9 Å². The average molecular weight is 466 g/mol. The number of carbonyl (C=O) groups excluding carboxylic acids is 1. The lowest BCUT2D eigenvalue weighted by Gasteiger charge is -2.20. The normalized spacial score (nSPS) is 10.9. The minimum atomic E-state index is -0.315. The monoisotopic (exact) mass is 465 g/mol. The number of nitrogens with zero attached hydrogens (tertiary/aromatic N) is 5. The van der Waals surface area contributed by atoms with E-state index in [0.717, 1.165) is 4.70 Å². The number of hydrogen-bond acceptors (Lipinski definition) is 8. The summed E-state index contributed by atoms with van der Waals surface area (Å²) in [6.07, 6.45) is 3.06. The minimum Gasteiger partial charge on any atom is -0.495 e. The Balaban J connectivity index is 1.78. The fraction of sp³-hybridized carbons (Fsp3) is 0.261. The number of pyridine rings is 1. The van der Waals surface area contributed by atoms with Gasteiger partial charge in [-0.2, -0.15) is 0 Å². The molecule has 0 aliphatic rings. The molecule has 0 bridgehead atoms. The molecule has 1 amide bonds. The molecular formula is C23H23N5O4S. The Morgan fingerprint density at radius 2 is 1.85 bits per heavy atom. The topological polar surface area (TPSA) is 99.4 Å². The van der Waals surface area contributed by atoms with E-state index in [4.69, 9.17) is 14.5 Å². The standard InChI is InChI=1S/C23H23N5O4S/c1-14-15(2)25-13-27(22(14)30)12-19(29)28(11-16-7-5-6-10-24-16)23-26-20-17(31-3)8-9-18(32-4)21(20)33-23/h5-10,13H,11-12H2,1-4H3. The quantitative estimate of drug-likeness (QED) is 0.413. The SMILES string of the molecule is COc1ccc(OC)c2sc(N(Cc3ccccn3)C(=O)Cn3cnc(C)c(C)c3=O)nc12. The largest absolute Gasteiger partial charge is 0.495 e. The molecule has 9 nitrogen and oxygen atoms in total. The molecule has 0 spiro atoms. The maximum absolute atomic E-state index is 13.5. The summed E-state index contributed by atoms with van der Waals surface area (Å²) in [6, 6.07) is 9.07. The van der Waals surface area contributed by atoms with Gasteiger partial charge in [-0.05, 0) is 38.1 Å². The summed E-state index contributed by atoms with van der Waals surface area (Å²) in [5.74, 6) is 0.896. The summed E-state index contributed by atoms with van der Waals surface area (Å²) < 4.78 is 13.0. The molecule has 0 aliphatic carbocycles. The van der Waals surface area contributed by atoms with Gasteiger partial charge in [0.2, 0.25) is 5.91 Å². The zero-order chi connectivity index (χ0) is 23.5. The highest BCUT2D eigenvalue weighted by molar-refractivity contribution is 7.22. The molecule has 0 saturated carbocycles. The van der Waals surface area contributed by atoms with Crippen LogP contribution in [0, 0.1) is 13.8 Å². The van der Waals surface area contributed by atoms with E-state index in [9.17, 15) is 9.59 Å². The molecule has 0 aliphatic heterocycles. The van der Waals surface area contributed by atoms with Gasteiger partial charge >= 0.3 is 0 Å². The number of methoxy groups -OCH3 is 2. The Morgan fingerprint density at radius 3 is 2.55 bits per heavy atom. The number of amides is 1. The van der Waals surface area contributed by atoms with Gasteiger partial charge in [0.1, 0.15) is 28.3 Å². The van der Waals surface area contributed by atoms with Crippen molar-refractivity contribution in [3.8, 4) is 11.5 Å². The second kappa shape index (κ2) is 9.37. The molecule has 3 heterocycles. The highest BCUT2D eigenvalue weighted by Gasteiger charge is 2.24. The van der Waals surface area contributed by atoms with Crippen LogP contribution in [0.15, 0.2) is 47.7 Å². The molecule has 4 rings (SSSR count). The first-order valence-electron chi connectivity index (χ1n) is 10.2. The number of carbonyl (C=O) groups is 1. The summed E-state index contributed by atoms with van der Waals surface area (Å²) in [4.78, 5) is 40.9. The van der Waals surface area contributed by atoms with E-state index in [1.165, 1.54) is 27.1 Å². The van der Waals surface area contributed by atoms with Crippen molar-refractivity contribution in [1.29, 1.82) is 0 Å². The van der Waals surface area contributed by atoms with Gasteiger partial charge < -0.3 is 9.47 Å². The number of benzene rings is 1. The molecule has 10 heteroatoms. The van der Waals surface area contributed by atoms with Crippen molar-refractivity contribution < 1.29 is 14.3 Å². The van der Waals surface area contributed by atoms with Crippen LogP contribution in [0.5, 0.6) is 11.5 Å². The number of anilines is 1. The van der Waals surface area contributed by atoms with Crippen molar-refractivity contribution in [2.24, 2.45) is 0 Å². The van der Waals surface area contributed by atoms with Crippen LogP contribution in [0.3, 0.4) is 0 Å². The van der Waals surface area contributed by atoms with Gasteiger partial charge in [-0.15, -0.1) is 0 Å². The molecule has 3 aromatic heterocycles. The summed E-state index contributed by atoms with van der Waals surface area (Å²) in [7, 11) is 3.15. The van der Waals surface area contributed by atoms with E-state index in [0.29, 0.717) is 39.1 Å². The Labute approximate surface area is 194 Å². The number of thiazole rings is 1. The lowest BCUT2D eigenvalue weighted by Crippen LogP contribution is -2.37. The van der Waals surface area contributed by atoms with E-state index in [1.807, 2.05) is 18.2 Å². The maximum atomic E-state index is 13.5. The van der Waals surface area contributed by atoms with E-state index in [2.05, 4.69) is 9.97 Å². The predicted octanol–water partition coefficient (Wildman–Crippen LogP) is 3.12. The Kier molecular flexibility index (Phi) is 6.36. The lowest BCUT2D eigenvalue weighted by molar-refractivity contribution is -0.119. The van der Waals surface area contributed by atoms with Crippen molar-refractivity contribution >= 4 is 32.6 Å². The van der Waals surface area contributed by atoms with Crippen LogP contribution in [0.25, 0.3) is 10.2 Å². The average Bonchev–Trinajstić information content (AvgIpc) is 3.28. The zero-order valence-electron chi connectivity index (χ0n) is 18.7. The summed E-state index contributed by atoms with van der Waals surface area (Å²) in [5, 5.41) is 0.452. The van der Waals surface area contributed by atoms with Crippen LogP contribution in [-0.2, 0) is 17.9 Å². The Bertz CT molecular complexity index is 1330. The molecule has 0 N–H and O–H groups in total. The number of aryl methyl sites for hydroxylation is 1. The van der Waals surface area contributed by atoms with Crippen molar-refractivity contribution in [1.82, 2.24) is 19.5 Å². The van der Waals surface area contributed by atoms with Gasteiger partial charge in [0, 0.05) is 17.5 Å². The smallest absolute Gasteiger partial charge is 0.256 e. The maximum Gasteiger partial charge on any atom is 0.256 e. The van der Waals surface area contributed by atoms with Gasteiger partial charge in [-0.25, -0.2) is 9.97 Å². The molecule has 170 valence electrons. The van der Waals surface area contributed by atoms with E-state index in [1.54, 1.807) is 46.4 Å². The van der Waals surface area contributed by atoms with Gasteiger partial charge in [0.05, 0.1) is 32.8 Å². The van der Waals surface area contributed by atoms with Gasteiger partial charge in [0.25, 0.3) is 5.56 Å². The van der Waals surface area contributed by atoms with E-state index >= 15 is 0 Å². The minimum absolute atomic E-state index is 0.177. The van der Waals surface area contributed by atoms with E-state index < -0.39 is 0 Å². The van der Waals surface area contributed by atoms with Gasteiger partial charge in [0.15, 0.2) is 5.13 Å². The first-order chi connectivity index (χ1) is 15.9. The molecule has 4 aromatic rings. The van der Waals surface area contributed by atoms with Crippen LogP contribution >= 0.6 is 11.3 Å². The second-order valence-electron chi connectivity index (χ2n) is 7.33. The second-order valence-corrected chi connectivity index (χ2v) is 8.31. The first-order valence-corrected chi connectivity index (χ1v) is 11.0. The number of ether oxygens (including phenoxy) is 2. The fourth-order valence-corrected chi connectivity index (χ4v) is 4.42. The highest BCUT2D eigenvalue weighted by Crippen LogP contribution is 2.40. The Hall–Kier alpha value is -3.79. The fourth-order valence-electron chi connectivity index (χ4n) is 3.33. The number of aromatic nitrogens is 4. The molecule has 0 unspecified atom stereocenters. The first kappa shape index (κ1) is 22.4. The van der Waals surface area contributed by atoms with Crippen LogP contribution in [0.1, 0.15) is 17.0 Å². The van der Waals surface area contributed by atoms with Gasteiger partial charge in [-0.3, -0.25) is 24.0 Å². The molecule has 1 aromatic carbocycles. The third-order valence-electron chi connectivity index (χ3n) is 5.30.